The Labute approximate surface area is 167 Å². The van der Waals surface area contributed by atoms with Crippen molar-refractivity contribution in [3.05, 3.63) is 74.8 Å². The fourth-order valence-electron chi connectivity index (χ4n) is 3.88. The van der Waals surface area contributed by atoms with E-state index < -0.39 is 5.41 Å². The number of thiophene rings is 1. The van der Waals surface area contributed by atoms with Gasteiger partial charge in [0.2, 0.25) is 5.91 Å². The Balaban J connectivity index is 1.45. The summed E-state index contributed by atoms with van der Waals surface area (Å²) < 4.78 is 0. The van der Waals surface area contributed by atoms with Gasteiger partial charge >= 0.3 is 0 Å². The van der Waals surface area contributed by atoms with Gasteiger partial charge in [-0.3, -0.25) is 9.59 Å². The van der Waals surface area contributed by atoms with Crippen LogP contribution in [0, 0.1) is 5.41 Å². The van der Waals surface area contributed by atoms with Crippen LogP contribution in [0.3, 0.4) is 0 Å². The zero-order valence-corrected chi connectivity index (χ0v) is 16.8. The monoisotopic (exact) mass is 393 g/mol. The molecule has 2 heterocycles. The summed E-state index contributed by atoms with van der Waals surface area (Å²) in [6.07, 6.45) is 1.37. The Morgan fingerprint density at radius 1 is 1.21 bits per heavy atom. The van der Waals surface area contributed by atoms with E-state index in [2.05, 4.69) is 29.1 Å². The second-order valence-electron chi connectivity index (χ2n) is 7.90. The first-order valence-corrected chi connectivity index (χ1v) is 10.3. The van der Waals surface area contributed by atoms with Crippen molar-refractivity contribution in [3.8, 4) is 11.4 Å². The van der Waals surface area contributed by atoms with Gasteiger partial charge in [0.25, 0.3) is 5.56 Å². The van der Waals surface area contributed by atoms with Crippen LogP contribution in [0.2, 0.25) is 0 Å². The highest BCUT2D eigenvalue weighted by Crippen LogP contribution is 2.65. The number of aromatic amines is 1. The van der Waals surface area contributed by atoms with E-state index >= 15 is 0 Å². The highest BCUT2D eigenvalue weighted by Gasteiger charge is 2.67. The van der Waals surface area contributed by atoms with E-state index in [0.29, 0.717) is 24.5 Å². The number of hydrogen-bond acceptors (Lipinski definition) is 4. The molecule has 1 fully saturated rings. The van der Waals surface area contributed by atoms with Crippen LogP contribution in [0.4, 0.5) is 0 Å². The van der Waals surface area contributed by atoms with E-state index in [9.17, 15) is 9.59 Å². The summed E-state index contributed by atoms with van der Waals surface area (Å²) in [5, 5.41) is 5.09. The Bertz CT molecular complexity index is 1040. The van der Waals surface area contributed by atoms with Crippen LogP contribution in [0.1, 0.15) is 30.8 Å². The molecule has 2 N–H and O–H groups in total. The number of rotatable bonds is 6. The number of H-pyrrole nitrogens is 1. The molecule has 3 aromatic rings. The van der Waals surface area contributed by atoms with Crippen molar-refractivity contribution < 1.29 is 4.79 Å². The van der Waals surface area contributed by atoms with E-state index in [1.54, 1.807) is 11.3 Å². The van der Waals surface area contributed by atoms with Crippen molar-refractivity contribution in [2.75, 3.05) is 6.54 Å². The van der Waals surface area contributed by atoms with Crippen LogP contribution in [0.25, 0.3) is 11.4 Å². The van der Waals surface area contributed by atoms with Crippen molar-refractivity contribution in [2.45, 2.75) is 32.1 Å². The summed E-state index contributed by atoms with van der Waals surface area (Å²) in [4.78, 5) is 33.5. The molecular weight excluding hydrogens is 370 g/mol. The van der Waals surface area contributed by atoms with E-state index in [4.69, 9.17) is 0 Å². The fourth-order valence-corrected chi connectivity index (χ4v) is 4.99. The van der Waals surface area contributed by atoms with Crippen LogP contribution < -0.4 is 10.9 Å². The van der Waals surface area contributed by atoms with Crippen LogP contribution >= 0.6 is 11.3 Å². The zero-order chi connectivity index (χ0) is 19.8. The Morgan fingerprint density at radius 2 is 1.96 bits per heavy atom. The largest absolute Gasteiger partial charge is 0.355 e. The maximum absolute atomic E-state index is 13.0. The van der Waals surface area contributed by atoms with Gasteiger partial charge in [-0.1, -0.05) is 50.2 Å². The number of hydrogen-bond donors (Lipinski definition) is 2. The predicted molar refractivity (Wildman–Crippen MR) is 111 cm³/mol. The summed E-state index contributed by atoms with van der Waals surface area (Å²) in [6, 6.07) is 15.1. The average Bonchev–Trinajstić information content (AvgIpc) is 3.02. The first-order valence-electron chi connectivity index (χ1n) is 9.40. The summed E-state index contributed by atoms with van der Waals surface area (Å²) in [5.41, 5.74) is 0.876. The third kappa shape index (κ3) is 3.29. The highest BCUT2D eigenvalue weighted by atomic mass is 32.1. The summed E-state index contributed by atoms with van der Waals surface area (Å²) >= 11 is 1.64. The Hall–Kier alpha value is -2.73. The maximum atomic E-state index is 13.0. The number of nitrogens with one attached hydrogen (secondary N) is 2. The molecule has 28 heavy (non-hydrogen) atoms. The molecule has 2 aromatic heterocycles. The number of carbonyl (C=O) groups excluding carboxylic acids is 1. The molecule has 6 heteroatoms. The van der Waals surface area contributed by atoms with Gasteiger partial charge in [-0.05, 0) is 23.3 Å². The highest BCUT2D eigenvalue weighted by molar-refractivity contribution is 7.10. The molecule has 0 radical (unpaired) electrons. The molecule has 1 aliphatic carbocycles. The lowest BCUT2D eigenvalue weighted by Crippen LogP contribution is -2.38. The minimum atomic E-state index is -0.433. The molecule has 0 spiro atoms. The molecule has 1 aromatic carbocycles. The molecule has 1 amide bonds. The lowest BCUT2D eigenvalue weighted by atomic mass is 9.93. The Morgan fingerprint density at radius 3 is 2.61 bits per heavy atom. The molecule has 1 aliphatic rings. The molecule has 144 valence electrons. The van der Waals surface area contributed by atoms with Gasteiger partial charge in [0.15, 0.2) is 0 Å². The summed E-state index contributed by atoms with van der Waals surface area (Å²) in [5.74, 6) is 0.612. The van der Waals surface area contributed by atoms with Crippen molar-refractivity contribution in [1.82, 2.24) is 15.3 Å². The molecule has 0 aliphatic heterocycles. The van der Waals surface area contributed by atoms with Crippen molar-refractivity contribution in [3.63, 3.8) is 0 Å². The number of amides is 1. The fraction of sp³-hybridized carbons (Fsp3) is 0.318. The molecule has 0 unspecified atom stereocenters. The first kappa shape index (κ1) is 18.6. The normalized spacial score (nSPS) is 19.9. The van der Waals surface area contributed by atoms with E-state index in [-0.39, 0.29) is 16.9 Å². The van der Waals surface area contributed by atoms with Gasteiger partial charge in [-0.15, -0.1) is 11.3 Å². The average molecular weight is 394 g/mol. The third-order valence-electron chi connectivity index (χ3n) is 5.58. The minimum Gasteiger partial charge on any atom is -0.355 e. The smallest absolute Gasteiger partial charge is 0.251 e. The van der Waals surface area contributed by atoms with Gasteiger partial charge in [0.05, 0.1) is 11.1 Å². The molecule has 1 saturated carbocycles. The number of benzene rings is 1. The number of aromatic nitrogens is 2. The number of carbonyl (C=O) groups is 1. The van der Waals surface area contributed by atoms with Crippen LogP contribution in [-0.2, 0) is 16.6 Å². The molecule has 4 rings (SSSR count). The zero-order valence-electron chi connectivity index (χ0n) is 16.0. The first-order chi connectivity index (χ1) is 13.4. The van der Waals surface area contributed by atoms with Gasteiger partial charge in [0, 0.05) is 29.5 Å². The molecule has 1 atom stereocenters. The van der Waals surface area contributed by atoms with Gasteiger partial charge in [0.1, 0.15) is 5.82 Å². The third-order valence-corrected chi connectivity index (χ3v) is 6.61. The van der Waals surface area contributed by atoms with E-state index in [1.165, 1.54) is 6.07 Å². The van der Waals surface area contributed by atoms with Crippen LogP contribution in [-0.4, -0.2) is 22.4 Å². The molecule has 0 saturated heterocycles. The van der Waals surface area contributed by atoms with Gasteiger partial charge in [-0.2, -0.15) is 0 Å². The predicted octanol–water partition coefficient (Wildman–Crippen LogP) is 3.53. The van der Waals surface area contributed by atoms with Crippen LogP contribution in [0.15, 0.2) is 58.7 Å². The molecule has 5 nitrogen and oxygen atoms in total. The maximum Gasteiger partial charge on any atom is 0.251 e. The second-order valence-corrected chi connectivity index (χ2v) is 8.85. The van der Waals surface area contributed by atoms with Gasteiger partial charge < -0.3 is 10.3 Å². The van der Waals surface area contributed by atoms with Crippen molar-refractivity contribution >= 4 is 17.2 Å². The van der Waals surface area contributed by atoms with E-state index in [1.807, 2.05) is 47.8 Å². The second kappa shape index (κ2) is 7.02. The Kier molecular flexibility index (Phi) is 4.67. The molecule has 0 bridgehead atoms. The topological polar surface area (TPSA) is 74.8 Å². The summed E-state index contributed by atoms with van der Waals surface area (Å²) in [7, 11) is 0. The minimum absolute atomic E-state index is 0.0371. The van der Waals surface area contributed by atoms with Crippen molar-refractivity contribution in [2.24, 2.45) is 5.41 Å². The van der Waals surface area contributed by atoms with Crippen LogP contribution in [0.5, 0.6) is 0 Å². The molecular formula is C22H23N3O2S. The van der Waals surface area contributed by atoms with Crippen molar-refractivity contribution in [1.29, 1.82) is 0 Å². The van der Waals surface area contributed by atoms with E-state index in [0.717, 1.165) is 16.9 Å². The quantitative estimate of drug-likeness (QED) is 0.673. The summed E-state index contributed by atoms with van der Waals surface area (Å²) in [6.45, 7) is 4.72. The standard InChI is InChI=1S/C22H23N3O2S/c1-21(2)14-22(21,17-9-6-12-28-17)20(27)23-11-10-16-13-18(26)25-19(24-16)15-7-4-3-5-8-15/h3-9,12-13H,10-11,14H2,1-2H3,(H,23,27)(H,24,25,26)/t22-/m1/s1. The van der Waals surface area contributed by atoms with Gasteiger partial charge in [-0.25, -0.2) is 4.98 Å². The lowest BCUT2D eigenvalue weighted by Gasteiger charge is -2.19. The SMILES string of the molecule is CC1(C)C[C@]1(C(=O)NCCc1cc(=O)[nH]c(-c2ccccc2)n1)c1cccs1. The lowest BCUT2D eigenvalue weighted by molar-refractivity contribution is -0.124. The number of nitrogens with zero attached hydrogens (tertiary/aromatic N) is 1.